The number of aromatic nitrogens is 2. The lowest BCUT2D eigenvalue weighted by Crippen LogP contribution is -2.36. The Labute approximate surface area is 179 Å². The maximum atomic E-state index is 13.4. The minimum atomic E-state index is -0.254. The molecule has 3 aliphatic rings. The van der Waals surface area contributed by atoms with E-state index in [0.29, 0.717) is 42.0 Å². The molecule has 4 heterocycles. The van der Waals surface area contributed by atoms with E-state index in [-0.39, 0.29) is 24.0 Å². The van der Waals surface area contributed by atoms with Crippen LogP contribution >= 0.6 is 11.3 Å². The van der Waals surface area contributed by atoms with Crippen LogP contribution < -0.4 is 10.6 Å². The summed E-state index contributed by atoms with van der Waals surface area (Å²) in [6, 6.07) is 2.24. The van der Waals surface area contributed by atoms with Crippen LogP contribution in [0.2, 0.25) is 0 Å². The van der Waals surface area contributed by atoms with Crippen molar-refractivity contribution >= 4 is 28.3 Å². The van der Waals surface area contributed by atoms with E-state index in [2.05, 4.69) is 22.5 Å². The molecule has 8 nitrogen and oxygen atoms in total. The van der Waals surface area contributed by atoms with Gasteiger partial charge in [-0.25, -0.2) is 9.97 Å². The van der Waals surface area contributed by atoms with Crippen LogP contribution in [0.1, 0.15) is 54.4 Å². The molecule has 2 atom stereocenters. The largest absolute Gasteiger partial charge is 0.369 e. The molecule has 2 N–H and O–H groups in total. The Bertz CT molecular complexity index is 997. The van der Waals surface area contributed by atoms with Crippen molar-refractivity contribution in [3.63, 3.8) is 0 Å². The van der Waals surface area contributed by atoms with Gasteiger partial charge < -0.3 is 20.3 Å². The summed E-state index contributed by atoms with van der Waals surface area (Å²) in [6.45, 7) is 6.24. The third-order valence-corrected chi connectivity index (χ3v) is 6.95. The number of anilines is 1. The molecule has 1 saturated heterocycles. The fourth-order valence-electron chi connectivity index (χ4n) is 4.25. The first-order valence-electron chi connectivity index (χ1n) is 10.4. The van der Waals surface area contributed by atoms with Crippen LogP contribution in [-0.4, -0.2) is 52.4 Å². The third-order valence-electron chi connectivity index (χ3n) is 6.01. The highest BCUT2D eigenvalue weighted by atomic mass is 32.1. The minimum Gasteiger partial charge on any atom is -0.369 e. The second-order valence-electron chi connectivity index (χ2n) is 8.21. The lowest BCUT2D eigenvalue weighted by atomic mass is 10.0. The number of nitrogens with one attached hydrogen (secondary N) is 2. The molecule has 30 heavy (non-hydrogen) atoms. The van der Waals surface area contributed by atoms with E-state index in [1.807, 2.05) is 11.0 Å². The predicted octanol–water partition coefficient (Wildman–Crippen LogP) is 2.58. The number of nitrogens with zero attached hydrogens (tertiary/aromatic N) is 3. The Kier molecular flexibility index (Phi) is 5.04. The van der Waals surface area contributed by atoms with Crippen molar-refractivity contribution in [2.45, 2.75) is 45.4 Å². The summed E-state index contributed by atoms with van der Waals surface area (Å²) in [5.74, 6) is 0.514. The molecule has 0 radical (unpaired) electrons. The number of amides is 2. The van der Waals surface area contributed by atoms with E-state index >= 15 is 0 Å². The number of ether oxygens (including phenoxy) is 1. The first kappa shape index (κ1) is 19.6. The quantitative estimate of drug-likeness (QED) is 0.761. The number of fused-ring (bicyclic) bond motifs is 1. The van der Waals surface area contributed by atoms with E-state index in [9.17, 15) is 9.59 Å². The van der Waals surface area contributed by atoms with Crippen LogP contribution in [0.5, 0.6) is 0 Å². The third kappa shape index (κ3) is 3.61. The fraction of sp³-hybridized carbons (Fsp3) is 0.524. The minimum absolute atomic E-state index is 0.0656. The molecule has 2 amide bonds. The first-order chi connectivity index (χ1) is 14.5. The van der Waals surface area contributed by atoms with Gasteiger partial charge in [-0.3, -0.25) is 9.59 Å². The number of hydrogen-bond donors (Lipinski definition) is 2. The molecule has 9 heteroatoms. The lowest BCUT2D eigenvalue weighted by Gasteiger charge is -2.26. The predicted molar refractivity (Wildman–Crippen MR) is 113 cm³/mol. The van der Waals surface area contributed by atoms with Gasteiger partial charge in [0.1, 0.15) is 6.10 Å². The summed E-state index contributed by atoms with van der Waals surface area (Å²) in [7, 11) is 0. The first-order valence-corrected chi connectivity index (χ1v) is 11.2. The van der Waals surface area contributed by atoms with E-state index < -0.39 is 0 Å². The van der Waals surface area contributed by atoms with Crippen molar-refractivity contribution in [3.8, 4) is 10.6 Å². The number of pyridine rings is 1. The molecule has 1 saturated carbocycles. The lowest BCUT2D eigenvalue weighted by molar-refractivity contribution is -0.114. The number of hydrogen-bond acceptors (Lipinski definition) is 7. The van der Waals surface area contributed by atoms with Gasteiger partial charge in [0.25, 0.3) is 5.91 Å². The van der Waals surface area contributed by atoms with Crippen LogP contribution in [0, 0.1) is 5.92 Å². The molecule has 1 aliphatic carbocycles. The zero-order valence-corrected chi connectivity index (χ0v) is 17.9. The molecular formula is C21H25N5O3S. The Balaban J connectivity index is 1.54. The number of rotatable bonds is 5. The smallest absolute Gasteiger partial charge is 0.256 e. The maximum absolute atomic E-state index is 13.4. The number of carbonyl (C=O) groups excluding carboxylic acids is 2. The number of morpholine rings is 1. The van der Waals surface area contributed by atoms with Gasteiger partial charge in [-0.1, -0.05) is 11.3 Å². The van der Waals surface area contributed by atoms with Gasteiger partial charge in [-0.15, -0.1) is 0 Å². The molecule has 158 valence electrons. The zero-order valence-electron chi connectivity index (χ0n) is 17.1. The molecule has 2 aromatic heterocycles. The molecule has 1 unspecified atom stereocenters. The molecule has 2 aromatic rings. The van der Waals surface area contributed by atoms with Crippen LogP contribution in [0.3, 0.4) is 0 Å². The molecule has 5 rings (SSSR count). The maximum Gasteiger partial charge on any atom is 0.256 e. The highest BCUT2D eigenvalue weighted by molar-refractivity contribution is 7.19. The molecular weight excluding hydrogens is 402 g/mol. The van der Waals surface area contributed by atoms with Crippen molar-refractivity contribution in [2.75, 3.05) is 25.0 Å². The standard InChI is InChI=1S/C21H25N5O3S/c1-11(13-3-4-13)26-10-14-7-15(17-9-23-21(30-17)24-12(2)27)25-19(18(14)20(26)28)16-8-22-5-6-29-16/h7,9,11,13,16,22H,3-6,8,10H2,1-2H3,(H,23,24,27)/t11?,16-/m0/s1. The molecule has 0 spiro atoms. The second kappa shape index (κ2) is 7.72. The van der Waals surface area contributed by atoms with Gasteiger partial charge >= 0.3 is 0 Å². The summed E-state index contributed by atoms with van der Waals surface area (Å²) in [4.78, 5) is 36.7. The van der Waals surface area contributed by atoms with Gasteiger partial charge in [0, 0.05) is 38.8 Å². The monoisotopic (exact) mass is 427 g/mol. The van der Waals surface area contributed by atoms with Crippen LogP contribution in [-0.2, 0) is 16.1 Å². The Morgan fingerprint density at radius 2 is 2.27 bits per heavy atom. The van der Waals surface area contributed by atoms with E-state index in [0.717, 1.165) is 22.7 Å². The number of carbonyl (C=O) groups is 2. The van der Waals surface area contributed by atoms with Crippen molar-refractivity contribution in [1.82, 2.24) is 20.2 Å². The number of thiazole rings is 1. The van der Waals surface area contributed by atoms with Gasteiger partial charge in [0.15, 0.2) is 5.13 Å². The van der Waals surface area contributed by atoms with Gasteiger partial charge in [-0.2, -0.15) is 0 Å². The van der Waals surface area contributed by atoms with Gasteiger partial charge in [-0.05, 0) is 37.3 Å². The van der Waals surface area contributed by atoms with Crippen molar-refractivity contribution < 1.29 is 14.3 Å². The molecule has 0 bridgehead atoms. The van der Waals surface area contributed by atoms with Crippen molar-refractivity contribution in [1.29, 1.82) is 0 Å². The zero-order chi connectivity index (χ0) is 20.8. The van der Waals surface area contributed by atoms with Crippen LogP contribution in [0.15, 0.2) is 12.3 Å². The molecule has 0 aromatic carbocycles. The van der Waals surface area contributed by atoms with E-state index in [4.69, 9.17) is 9.72 Å². The topological polar surface area (TPSA) is 96.5 Å². The molecule has 2 aliphatic heterocycles. The fourth-order valence-corrected chi connectivity index (χ4v) is 5.08. The SMILES string of the molecule is CC(=O)Nc1ncc(-c2cc3c(c([C@@H]4CNCCO4)n2)C(=O)N(C(C)C2CC2)C3)s1. The second-order valence-corrected chi connectivity index (χ2v) is 9.24. The summed E-state index contributed by atoms with van der Waals surface area (Å²) in [5, 5.41) is 6.60. The average molecular weight is 428 g/mol. The van der Waals surface area contributed by atoms with Crippen molar-refractivity contribution in [3.05, 3.63) is 29.1 Å². The average Bonchev–Trinajstić information content (AvgIpc) is 3.41. The molecule has 2 fully saturated rings. The summed E-state index contributed by atoms with van der Waals surface area (Å²) in [6.07, 6.45) is 3.85. The summed E-state index contributed by atoms with van der Waals surface area (Å²) >= 11 is 1.38. The Morgan fingerprint density at radius 3 is 2.97 bits per heavy atom. The van der Waals surface area contributed by atoms with E-state index in [1.165, 1.54) is 31.1 Å². The Morgan fingerprint density at radius 1 is 1.43 bits per heavy atom. The van der Waals surface area contributed by atoms with Crippen LogP contribution in [0.25, 0.3) is 10.6 Å². The van der Waals surface area contributed by atoms with Gasteiger partial charge in [0.2, 0.25) is 5.91 Å². The summed E-state index contributed by atoms with van der Waals surface area (Å²) in [5.41, 5.74) is 3.17. The Hall–Kier alpha value is -2.36. The van der Waals surface area contributed by atoms with E-state index in [1.54, 1.807) is 6.20 Å². The normalized spacial score (nSPS) is 22.1. The highest BCUT2D eigenvalue weighted by Gasteiger charge is 2.41. The summed E-state index contributed by atoms with van der Waals surface area (Å²) < 4.78 is 5.98. The highest BCUT2D eigenvalue weighted by Crippen LogP contribution is 2.41. The van der Waals surface area contributed by atoms with Gasteiger partial charge in [0.05, 0.1) is 28.4 Å². The van der Waals surface area contributed by atoms with Crippen LogP contribution in [0.4, 0.5) is 5.13 Å². The van der Waals surface area contributed by atoms with Crippen molar-refractivity contribution in [2.24, 2.45) is 5.92 Å².